The number of piperazine rings is 1. The average molecular weight is 502 g/mol. The van der Waals surface area contributed by atoms with E-state index in [-0.39, 0.29) is 17.9 Å². The summed E-state index contributed by atoms with van der Waals surface area (Å²) in [6, 6.07) is 9.89. The van der Waals surface area contributed by atoms with Gasteiger partial charge in [0.15, 0.2) is 0 Å². The highest BCUT2D eigenvalue weighted by atomic mass is 35.5. The number of aromatic nitrogens is 1. The molecule has 34 heavy (non-hydrogen) atoms. The second kappa shape index (κ2) is 11.4. The first-order valence-electron chi connectivity index (χ1n) is 12.1. The van der Waals surface area contributed by atoms with Crippen LogP contribution < -0.4 is 10.2 Å². The predicted octanol–water partition coefficient (Wildman–Crippen LogP) is 4.40. The zero-order valence-corrected chi connectivity index (χ0v) is 21.4. The van der Waals surface area contributed by atoms with Crippen LogP contribution in [0.25, 0.3) is 5.70 Å². The minimum Gasteiger partial charge on any atom is -0.368 e. The lowest BCUT2D eigenvalue weighted by atomic mass is 10.0. The molecule has 4 rings (SSSR count). The Balaban J connectivity index is 1.28. The molecule has 0 aliphatic carbocycles. The van der Waals surface area contributed by atoms with Crippen LogP contribution in [0.15, 0.2) is 48.8 Å². The Morgan fingerprint density at radius 1 is 1.12 bits per heavy atom. The van der Waals surface area contributed by atoms with E-state index in [9.17, 15) is 4.79 Å². The van der Waals surface area contributed by atoms with Gasteiger partial charge in [0.05, 0.1) is 21.7 Å². The van der Waals surface area contributed by atoms with Crippen LogP contribution in [0.4, 0.5) is 5.69 Å². The van der Waals surface area contributed by atoms with Gasteiger partial charge in [-0.3, -0.25) is 14.7 Å². The molecule has 0 saturated carbocycles. The normalized spacial score (nSPS) is 21.0. The molecule has 2 atom stereocenters. The zero-order chi connectivity index (χ0) is 24.1. The first-order chi connectivity index (χ1) is 16.5. The van der Waals surface area contributed by atoms with Crippen LogP contribution in [0.3, 0.4) is 0 Å². The van der Waals surface area contributed by atoms with Crippen molar-refractivity contribution in [2.75, 3.05) is 50.7 Å². The van der Waals surface area contributed by atoms with E-state index in [0.29, 0.717) is 16.6 Å². The molecule has 182 valence electrons. The van der Waals surface area contributed by atoms with Crippen molar-refractivity contribution in [2.45, 2.75) is 26.3 Å². The zero-order valence-electron chi connectivity index (χ0n) is 19.9. The van der Waals surface area contributed by atoms with Crippen molar-refractivity contribution in [3.63, 3.8) is 0 Å². The van der Waals surface area contributed by atoms with Gasteiger partial charge in [0.2, 0.25) is 5.91 Å². The number of benzene rings is 1. The summed E-state index contributed by atoms with van der Waals surface area (Å²) in [6.07, 6.45) is 6.79. The second-order valence-electron chi connectivity index (χ2n) is 8.95. The lowest BCUT2D eigenvalue weighted by Crippen LogP contribution is -2.49. The first-order valence-corrected chi connectivity index (χ1v) is 12.8. The van der Waals surface area contributed by atoms with Gasteiger partial charge in [-0.2, -0.15) is 0 Å². The molecule has 1 aromatic carbocycles. The van der Waals surface area contributed by atoms with Gasteiger partial charge in [0.25, 0.3) is 0 Å². The number of pyridine rings is 1. The van der Waals surface area contributed by atoms with E-state index in [0.717, 1.165) is 62.6 Å². The fourth-order valence-electron chi connectivity index (χ4n) is 4.86. The summed E-state index contributed by atoms with van der Waals surface area (Å²) in [5.74, 6) is -0.0691. The maximum Gasteiger partial charge on any atom is 0.229 e. The van der Waals surface area contributed by atoms with Gasteiger partial charge in [-0.1, -0.05) is 36.2 Å². The quantitative estimate of drug-likeness (QED) is 0.580. The third-order valence-corrected chi connectivity index (χ3v) is 7.56. The molecule has 3 heterocycles. The number of rotatable bonds is 8. The Kier molecular flexibility index (Phi) is 8.35. The number of hydrogen-bond donors (Lipinski definition) is 1. The summed E-state index contributed by atoms with van der Waals surface area (Å²) in [6.45, 7) is 10.3. The minimum atomic E-state index is -0.163. The number of carbonyl (C=O) groups excluding carboxylic acids is 1. The van der Waals surface area contributed by atoms with Gasteiger partial charge in [-0.15, -0.1) is 0 Å². The van der Waals surface area contributed by atoms with Gasteiger partial charge in [-0.05, 0) is 43.7 Å². The largest absolute Gasteiger partial charge is 0.368 e. The summed E-state index contributed by atoms with van der Waals surface area (Å²) in [5, 5.41) is 4.38. The molecule has 0 bridgehead atoms. The number of nitrogens with zero attached hydrogens (tertiary/aromatic N) is 4. The maximum atomic E-state index is 13.1. The Labute approximate surface area is 212 Å². The highest BCUT2D eigenvalue weighted by molar-refractivity contribution is 6.43. The predicted molar refractivity (Wildman–Crippen MR) is 140 cm³/mol. The topological polar surface area (TPSA) is 51.7 Å². The lowest BCUT2D eigenvalue weighted by Gasteiger charge is -2.36. The van der Waals surface area contributed by atoms with Crippen molar-refractivity contribution < 1.29 is 4.79 Å². The van der Waals surface area contributed by atoms with Crippen molar-refractivity contribution in [1.29, 1.82) is 0 Å². The van der Waals surface area contributed by atoms with E-state index in [1.807, 2.05) is 30.5 Å². The van der Waals surface area contributed by atoms with E-state index in [1.54, 1.807) is 6.20 Å². The number of hydrogen-bond acceptors (Lipinski definition) is 5. The molecule has 6 nitrogen and oxygen atoms in total. The summed E-state index contributed by atoms with van der Waals surface area (Å²) < 4.78 is 0. The Morgan fingerprint density at radius 2 is 1.91 bits per heavy atom. The first kappa shape index (κ1) is 24.8. The van der Waals surface area contributed by atoms with Crippen LogP contribution >= 0.6 is 23.2 Å². The van der Waals surface area contributed by atoms with Crippen LogP contribution in [0, 0.1) is 5.92 Å². The highest BCUT2D eigenvalue weighted by Gasteiger charge is 2.35. The molecule has 8 heteroatoms. The molecule has 2 aliphatic heterocycles. The molecule has 2 aliphatic rings. The van der Waals surface area contributed by atoms with Gasteiger partial charge >= 0.3 is 0 Å². The summed E-state index contributed by atoms with van der Waals surface area (Å²) in [4.78, 5) is 24.3. The minimum absolute atomic E-state index is 0.0943. The Morgan fingerprint density at radius 3 is 2.62 bits per heavy atom. The van der Waals surface area contributed by atoms with Gasteiger partial charge in [0, 0.05) is 75.5 Å². The Hall–Kier alpha value is -2.28. The third kappa shape index (κ3) is 5.51. The number of nitrogens with one attached hydrogen (secondary N) is 1. The molecule has 1 saturated heterocycles. The number of anilines is 1. The van der Waals surface area contributed by atoms with E-state index in [1.165, 1.54) is 0 Å². The van der Waals surface area contributed by atoms with Crippen LogP contribution in [0.1, 0.15) is 25.8 Å². The molecule has 1 amide bonds. The molecule has 1 N–H and O–H groups in total. The second-order valence-corrected chi connectivity index (χ2v) is 9.73. The van der Waals surface area contributed by atoms with Crippen molar-refractivity contribution in [3.05, 3.63) is 64.4 Å². The van der Waals surface area contributed by atoms with E-state index < -0.39 is 0 Å². The Bertz CT molecular complexity index is 1010. The molecular weight excluding hydrogens is 469 g/mol. The van der Waals surface area contributed by atoms with Crippen molar-refractivity contribution in [2.24, 2.45) is 5.92 Å². The molecule has 0 radical (unpaired) electrons. The van der Waals surface area contributed by atoms with Crippen molar-refractivity contribution >= 4 is 40.5 Å². The molecule has 2 aromatic rings. The fraction of sp³-hybridized carbons (Fsp3) is 0.462. The molecule has 1 fully saturated rings. The summed E-state index contributed by atoms with van der Waals surface area (Å²) >= 11 is 12.6. The monoisotopic (exact) mass is 501 g/mol. The molecule has 0 spiro atoms. The van der Waals surface area contributed by atoms with Gasteiger partial charge < -0.3 is 15.1 Å². The van der Waals surface area contributed by atoms with Crippen LogP contribution in [-0.4, -0.2) is 72.5 Å². The standard InChI is InChI=1S/C26H33Cl2N5O/c1-3-11-33-19(2)21(17-24(33)20-6-5-9-29-18-20)26(34)30-10-12-31-13-15-32(16-14-31)23-8-4-7-22(27)25(23)28/h4-9,17-19,21H,3,10-16H2,1-2H3,(H,30,34). The van der Waals surface area contributed by atoms with Crippen molar-refractivity contribution in [3.8, 4) is 0 Å². The highest BCUT2D eigenvalue weighted by Crippen LogP contribution is 2.34. The molecular formula is C26H33Cl2N5O. The van der Waals surface area contributed by atoms with Crippen LogP contribution in [0.5, 0.6) is 0 Å². The summed E-state index contributed by atoms with van der Waals surface area (Å²) in [7, 11) is 0. The van der Waals surface area contributed by atoms with Gasteiger partial charge in [-0.25, -0.2) is 0 Å². The molecule has 2 unspecified atom stereocenters. The number of amides is 1. The fourth-order valence-corrected chi connectivity index (χ4v) is 5.27. The van der Waals surface area contributed by atoms with E-state index in [2.05, 4.69) is 51.0 Å². The van der Waals surface area contributed by atoms with E-state index >= 15 is 0 Å². The average Bonchev–Trinajstić information content (AvgIpc) is 3.18. The lowest BCUT2D eigenvalue weighted by molar-refractivity contribution is -0.124. The number of halogens is 2. The smallest absolute Gasteiger partial charge is 0.229 e. The van der Waals surface area contributed by atoms with Crippen molar-refractivity contribution in [1.82, 2.24) is 20.1 Å². The van der Waals surface area contributed by atoms with Crippen LogP contribution in [-0.2, 0) is 4.79 Å². The summed E-state index contributed by atoms with van der Waals surface area (Å²) in [5.41, 5.74) is 3.17. The maximum absolute atomic E-state index is 13.1. The van der Waals surface area contributed by atoms with Crippen LogP contribution in [0.2, 0.25) is 10.0 Å². The third-order valence-electron chi connectivity index (χ3n) is 6.75. The SMILES string of the molecule is CCCN1C(c2cccnc2)=CC(C(=O)NCCN2CCN(c3cccc(Cl)c3Cl)CC2)C1C. The van der Waals surface area contributed by atoms with Gasteiger partial charge in [0.1, 0.15) is 0 Å². The molecule has 1 aromatic heterocycles. The van der Waals surface area contributed by atoms with E-state index in [4.69, 9.17) is 23.2 Å². The number of carbonyl (C=O) groups is 1.